The minimum atomic E-state index is 0.619. The molecular weight excluding hydrogens is 188 g/mol. The van der Waals surface area contributed by atoms with Crippen LogP contribution in [0.1, 0.15) is 19.6 Å². The van der Waals surface area contributed by atoms with Gasteiger partial charge in [0.15, 0.2) is 0 Å². The van der Waals surface area contributed by atoms with Crippen molar-refractivity contribution in [3.63, 3.8) is 0 Å². The molecule has 2 rings (SSSR count). The van der Waals surface area contributed by atoms with E-state index in [9.17, 15) is 0 Å². The lowest BCUT2D eigenvalue weighted by atomic mass is 10.0. The number of nitrogens with zero attached hydrogens (tertiary/aromatic N) is 1. The van der Waals surface area contributed by atoms with E-state index in [4.69, 9.17) is 4.42 Å². The molecule has 1 fully saturated rings. The summed E-state index contributed by atoms with van der Waals surface area (Å²) >= 11 is 0. The Kier molecular flexibility index (Phi) is 3.44. The zero-order chi connectivity index (χ0) is 10.7. The predicted molar refractivity (Wildman–Crippen MR) is 60.6 cm³/mol. The molecule has 1 unspecified atom stereocenters. The molecule has 1 aliphatic heterocycles. The van der Waals surface area contributed by atoms with Crippen LogP contribution in [0.4, 0.5) is 0 Å². The van der Waals surface area contributed by atoms with Gasteiger partial charge in [0.2, 0.25) is 0 Å². The third-order valence-electron chi connectivity index (χ3n) is 3.05. The lowest BCUT2D eigenvalue weighted by Gasteiger charge is -2.35. The molecule has 84 valence electrons. The Morgan fingerprint density at radius 1 is 1.60 bits per heavy atom. The van der Waals surface area contributed by atoms with E-state index in [-0.39, 0.29) is 0 Å². The molecule has 0 radical (unpaired) electrons. The number of rotatable bonds is 3. The second-order valence-corrected chi connectivity index (χ2v) is 4.62. The average Bonchev–Trinajstić information content (AvgIpc) is 2.71. The first kappa shape index (κ1) is 10.7. The van der Waals surface area contributed by atoms with Crippen LogP contribution in [0.15, 0.2) is 22.8 Å². The third-order valence-corrected chi connectivity index (χ3v) is 3.05. The molecule has 0 bridgehead atoms. The lowest BCUT2D eigenvalue weighted by molar-refractivity contribution is 0.159. The van der Waals surface area contributed by atoms with Crippen LogP contribution in [0, 0.1) is 5.92 Å². The maximum atomic E-state index is 5.37. The van der Waals surface area contributed by atoms with Gasteiger partial charge < -0.3 is 9.73 Å². The molecule has 15 heavy (non-hydrogen) atoms. The van der Waals surface area contributed by atoms with E-state index < -0.39 is 0 Å². The molecule has 0 aromatic carbocycles. The van der Waals surface area contributed by atoms with Gasteiger partial charge in [0.1, 0.15) is 5.76 Å². The standard InChI is InChI=1S/C12H20N2O/c1-10(2)12-9-14(6-5-13-12)8-11-4-3-7-15-11/h3-4,7,10,12-13H,5-6,8-9H2,1-2H3. The molecule has 1 N–H and O–H groups in total. The van der Waals surface area contributed by atoms with Crippen molar-refractivity contribution in [3.8, 4) is 0 Å². The molecule has 1 aromatic rings. The van der Waals surface area contributed by atoms with Crippen molar-refractivity contribution in [2.45, 2.75) is 26.4 Å². The summed E-state index contributed by atoms with van der Waals surface area (Å²) in [6, 6.07) is 4.62. The second kappa shape index (κ2) is 4.81. The van der Waals surface area contributed by atoms with E-state index >= 15 is 0 Å². The summed E-state index contributed by atoms with van der Waals surface area (Å²) in [6.45, 7) is 8.81. The van der Waals surface area contributed by atoms with Gasteiger partial charge in [-0.05, 0) is 18.1 Å². The van der Waals surface area contributed by atoms with Crippen molar-refractivity contribution in [2.75, 3.05) is 19.6 Å². The third kappa shape index (κ3) is 2.83. The molecule has 0 spiro atoms. The molecule has 0 aliphatic carbocycles. The van der Waals surface area contributed by atoms with Crippen molar-refractivity contribution < 1.29 is 4.42 Å². The van der Waals surface area contributed by atoms with E-state index in [0.717, 1.165) is 31.9 Å². The van der Waals surface area contributed by atoms with Crippen molar-refractivity contribution in [1.29, 1.82) is 0 Å². The molecule has 1 aliphatic rings. The molecule has 3 heteroatoms. The van der Waals surface area contributed by atoms with Crippen LogP contribution >= 0.6 is 0 Å². The highest BCUT2D eigenvalue weighted by molar-refractivity contribution is 4.98. The Labute approximate surface area is 91.4 Å². The lowest BCUT2D eigenvalue weighted by Crippen LogP contribution is -2.52. The van der Waals surface area contributed by atoms with Crippen LogP contribution in [0.5, 0.6) is 0 Å². The minimum Gasteiger partial charge on any atom is -0.468 e. The Bertz CT molecular complexity index is 282. The molecule has 0 saturated carbocycles. The highest BCUT2D eigenvalue weighted by Gasteiger charge is 2.21. The van der Waals surface area contributed by atoms with Gasteiger partial charge in [0, 0.05) is 25.7 Å². The molecule has 0 amide bonds. The first-order valence-electron chi connectivity index (χ1n) is 5.74. The second-order valence-electron chi connectivity index (χ2n) is 4.62. The average molecular weight is 208 g/mol. The molecule has 1 saturated heterocycles. The molecule has 1 aromatic heterocycles. The number of piperazine rings is 1. The van der Waals surface area contributed by atoms with Crippen molar-refractivity contribution >= 4 is 0 Å². The summed E-state index contributed by atoms with van der Waals surface area (Å²) < 4.78 is 5.37. The minimum absolute atomic E-state index is 0.619. The Morgan fingerprint density at radius 2 is 2.47 bits per heavy atom. The fraction of sp³-hybridized carbons (Fsp3) is 0.667. The van der Waals surface area contributed by atoms with Gasteiger partial charge in [0.05, 0.1) is 12.8 Å². The highest BCUT2D eigenvalue weighted by Crippen LogP contribution is 2.11. The van der Waals surface area contributed by atoms with E-state index in [0.29, 0.717) is 12.0 Å². The van der Waals surface area contributed by atoms with E-state index in [1.807, 2.05) is 12.1 Å². The highest BCUT2D eigenvalue weighted by atomic mass is 16.3. The van der Waals surface area contributed by atoms with Crippen LogP contribution in [-0.2, 0) is 6.54 Å². The maximum Gasteiger partial charge on any atom is 0.117 e. The van der Waals surface area contributed by atoms with Gasteiger partial charge >= 0.3 is 0 Å². The number of furan rings is 1. The normalized spacial score (nSPS) is 23.5. The van der Waals surface area contributed by atoms with Gasteiger partial charge in [-0.25, -0.2) is 0 Å². The quantitative estimate of drug-likeness (QED) is 0.819. The van der Waals surface area contributed by atoms with Crippen LogP contribution in [-0.4, -0.2) is 30.6 Å². The summed E-state index contributed by atoms with van der Waals surface area (Å²) in [5.41, 5.74) is 0. The molecular formula is C12H20N2O. The van der Waals surface area contributed by atoms with Crippen LogP contribution in [0.2, 0.25) is 0 Å². The molecule has 3 nitrogen and oxygen atoms in total. The smallest absolute Gasteiger partial charge is 0.117 e. The van der Waals surface area contributed by atoms with Crippen molar-refractivity contribution in [3.05, 3.63) is 24.2 Å². The zero-order valence-electron chi connectivity index (χ0n) is 9.57. The summed E-state index contributed by atoms with van der Waals surface area (Å²) in [5.74, 6) is 1.77. The number of nitrogens with one attached hydrogen (secondary N) is 1. The fourth-order valence-electron chi connectivity index (χ4n) is 2.06. The van der Waals surface area contributed by atoms with Gasteiger partial charge in [-0.1, -0.05) is 13.8 Å². The van der Waals surface area contributed by atoms with Crippen LogP contribution in [0.25, 0.3) is 0 Å². The topological polar surface area (TPSA) is 28.4 Å². The Hall–Kier alpha value is -0.800. The number of hydrogen-bond donors (Lipinski definition) is 1. The van der Waals surface area contributed by atoms with E-state index in [1.54, 1.807) is 6.26 Å². The van der Waals surface area contributed by atoms with Gasteiger partial charge in [-0.3, -0.25) is 4.90 Å². The monoisotopic (exact) mass is 208 g/mol. The van der Waals surface area contributed by atoms with Crippen LogP contribution < -0.4 is 5.32 Å². The summed E-state index contributed by atoms with van der Waals surface area (Å²) in [6.07, 6.45) is 1.75. The first-order valence-corrected chi connectivity index (χ1v) is 5.74. The Balaban J connectivity index is 1.88. The molecule has 2 heterocycles. The fourth-order valence-corrected chi connectivity index (χ4v) is 2.06. The summed E-state index contributed by atoms with van der Waals surface area (Å²) in [5, 5.41) is 3.56. The van der Waals surface area contributed by atoms with Crippen molar-refractivity contribution in [1.82, 2.24) is 10.2 Å². The number of hydrogen-bond acceptors (Lipinski definition) is 3. The Morgan fingerprint density at radius 3 is 3.13 bits per heavy atom. The summed E-state index contributed by atoms with van der Waals surface area (Å²) in [4.78, 5) is 2.46. The first-order chi connectivity index (χ1) is 7.25. The largest absolute Gasteiger partial charge is 0.468 e. The van der Waals surface area contributed by atoms with E-state index in [1.165, 1.54) is 0 Å². The van der Waals surface area contributed by atoms with Crippen molar-refractivity contribution in [2.24, 2.45) is 5.92 Å². The van der Waals surface area contributed by atoms with Crippen LogP contribution in [0.3, 0.4) is 0 Å². The van der Waals surface area contributed by atoms with Gasteiger partial charge in [-0.15, -0.1) is 0 Å². The van der Waals surface area contributed by atoms with E-state index in [2.05, 4.69) is 24.1 Å². The summed E-state index contributed by atoms with van der Waals surface area (Å²) in [7, 11) is 0. The van der Waals surface area contributed by atoms with Gasteiger partial charge in [-0.2, -0.15) is 0 Å². The zero-order valence-corrected chi connectivity index (χ0v) is 9.57. The maximum absolute atomic E-state index is 5.37. The molecule has 1 atom stereocenters. The predicted octanol–water partition coefficient (Wildman–Crippen LogP) is 1.71. The van der Waals surface area contributed by atoms with Gasteiger partial charge in [0.25, 0.3) is 0 Å². The SMILES string of the molecule is CC(C)C1CN(Cc2ccco2)CCN1.